The van der Waals surface area contributed by atoms with Gasteiger partial charge in [-0.1, -0.05) is 37.3 Å². The quantitative estimate of drug-likeness (QED) is 0.852. The second-order valence-corrected chi connectivity index (χ2v) is 6.99. The molecule has 1 atom stereocenters. The monoisotopic (exact) mass is 366 g/mol. The fraction of sp³-hybridized carbons (Fsp3) is 0.364. The van der Waals surface area contributed by atoms with Gasteiger partial charge < -0.3 is 10.1 Å². The van der Waals surface area contributed by atoms with Crippen LogP contribution in [0.5, 0.6) is 5.75 Å². The number of hydrogen-bond donors (Lipinski definition) is 1. The largest absolute Gasteiger partial charge is 0.491 e. The van der Waals surface area contributed by atoms with Crippen molar-refractivity contribution in [2.24, 2.45) is 0 Å². The lowest BCUT2D eigenvalue weighted by Gasteiger charge is -2.24. The Bertz CT molecular complexity index is 815. The molecule has 2 aromatic rings. The number of hydrogen-bond acceptors (Lipinski definition) is 3. The van der Waals surface area contributed by atoms with E-state index in [4.69, 9.17) is 4.74 Å². The molecule has 0 bridgehead atoms. The number of rotatable bonds is 6. The Morgan fingerprint density at radius 1 is 1.15 bits per heavy atom. The Morgan fingerprint density at radius 3 is 2.52 bits per heavy atom. The zero-order valence-electron chi connectivity index (χ0n) is 16.1. The van der Waals surface area contributed by atoms with E-state index >= 15 is 0 Å². The van der Waals surface area contributed by atoms with E-state index in [2.05, 4.69) is 5.32 Å². The van der Waals surface area contributed by atoms with Crippen LogP contribution in [-0.2, 0) is 22.6 Å². The van der Waals surface area contributed by atoms with Crippen LogP contribution >= 0.6 is 0 Å². The Balaban J connectivity index is 1.66. The van der Waals surface area contributed by atoms with Crippen molar-refractivity contribution < 1.29 is 14.3 Å². The maximum atomic E-state index is 12.8. The minimum absolute atomic E-state index is 0.0321. The first-order chi connectivity index (χ1) is 13.0. The first-order valence-corrected chi connectivity index (χ1v) is 9.43. The number of benzene rings is 2. The van der Waals surface area contributed by atoms with Crippen molar-refractivity contribution >= 4 is 17.5 Å². The molecule has 0 aliphatic carbocycles. The molecule has 3 rings (SSSR count). The van der Waals surface area contributed by atoms with Gasteiger partial charge in [0.05, 0.1) is 6.10 Å². The molecule has 0 radical (unpaired) electrons. The maximum Gasteiger partial charge on any atom is 0.243 e. The average molecular weight is 366 g/mol. The first kappa shape index (κ1) is 19.0. The van der Waals surface area contributed by atoms with Crippen molar-refractivity contribution in [3.05, 3.63) is 59.7 Å². The van der Waals surface area contributed by atoms with Gasteiger partial charge in [0.25, 0.3) is 0 Å². The molecule has 0 spiro atoms. The molecule has 0 fully saturated rings. The number of fused-ring (bicyclic) bond motifs is 1. The summed E-state index contributed by atoms with van der Waals surface area (Å²) >= 11 is 0. The van der Waals surface area contributed by atoms with E-state index in [1.807, 2.05) is 69.3 Å². The molecule has 0 saturated heterocycles. The predicted octanol–water partition coefficient (Wildman–Crippen LogP) is 3.46. The molecule has 5 heteroatoms. The highest BCUT2D eigenvalue weighted by Crippen LogP contribution is 2.32. The van der Waals surface area contributed by atoms with Crippen molar-refractivity contribution in [3.63, 3.8) is 0 Å². The summed E-state index contributed by atoms with van der Waals surface area (Å²) in [4.78, 5) is 26.9. The third-order valence-corrected chi connectivity index (χ3v) is 4.61. The van der Waals surface area contributed by atoms with Crippen molar-refractivity contribution in [2.75, 3.05) is 4.90 Å². The molecule has 142 valence electrons. The predicted molar refractivity (Wildman–Crippen MR) is 106 cm³/mol. The Labute approximate surface area is 160 Å². The molecule has 0 unspecified atom stereocenters. The number of ether oxygens (including phenoxy) is 1. The summed E-state index contributed by atoms with van der Waals surface area (Å²) in [5.41, 5.74) is 2.87. The van der Waals surface area contributed by atoms with Gasteiger partial charge in [0.1, 0.15) is 11.8 Å². The fourth-order valence-electron chi connectivity index (χ4n) is 3.34. The summed E-state index contributed by atoms with van der Waals surface area (Å²) in [6.45, 7) is 6.20. The molecule has 2 aromatic carbocycles. The Kier molecular flexibility index (Phi) is 5.79. The summed E-state index contributed by atoms with van der Waals surface area (Å²) in [6, 6.07) is 14.9. The van der Waals surface area contributed by atoms with E-state index in [-0.39, 0.29) is 17.9 Å². The molecule has 2 amide bonds. The first-order valence-electron chi connectivity index (χ1n) is 9.43. The normalized spacial score (nSPS) is 15.6. The van der Waals surface area contributed by atoms with Gasteiger partial charge in [-0.15, -0.1) is 0 Å². The third kappa shape index (κ3) is 4.30. The van der Waals surface area contributed by atoms with Crippen molar-refractivity contribution in [2.45, 2.75) is 52.3 Å². The number of carbonyl (C=O) groups is 2. The summed E-state index contributed by atoms with van der Waals surface area (Å²) in [6.07, 6.45) is 1.05. The standard InChI is InChI=1S/C22H26N2O3/c1-4-21(25)24-19-8-6-5-7-17(19)13-20(24)22(26)23-14-16-9-11-18(12-10-16)27-15(2)3/h5-12,15,20H,4,13-14H2,1-3H3,(H,23,26)/t20-/m0/s1. The second-order valence-electron chi connectivity index (χ2n) is 6.99. The highest BCUT2D eigenvalue weighted by Gasteiger charge is 2.37. The zero-order valence-corrected chi connectivity index (χ0v) is 16.1. The minimum Gasteiger partial charge on any atom is -0.491 e. The lowest BCUT2D eigenvalue weighted by Crippen LogP contribution is -2.47. The molecule has 1 aliphatic rings. The van der Waals surface area contributed by atoms with E-state index in [0.717, 1.165) is 22.6 Å². The number of amides is 2. The van der Waals surface area contributed by atoms with Crippen LogP contribution < -0.4 is 15.0 Å². The van der Waals surface area contributed by atoms with Crippen molar-refractivity contribution in [1.82, 2.24) is 5.32 Å². The Hall–Kier alpha value is -2.82. The van der Waals surface area contributed by atoms with Crippen LogP contribution in [0, 0.1) is 0 Å². The summed E-state index contributed by atoms with van der Waals surface area (Å²) < 4.78 is 5.63. The van der Waals surface area contributed by atoms with Crippen LogP contribution in [0.1, 0.15) is 38.3 Å². The number of nitrogens with zero attached hydrogens (tertiary/aromatic N) is 1. The summed E-state index contributed by atoms with van der Waals surface area (Å²) in [5, 5.41) is 2.97. The van der Waals surface area contributed by atoms with Crippen LogP contribution in [0.3, 0.4) is 0 Å². The number of anilines is 1. The van der Waals surface area contributed by atoms with Crippen LogP contribution in [0.2, 0.25) is 0 Å². The third-order valence-electron chi connectivity index (χ3n) is 4.61. The maximum absolute atomic E-state index is 12.8. The summed E-state index contributed by atoms with van der Waals surface area (Å²) in [7, 11) is 0. The molecule has 0 aromatic heterocycles. The second kappa shape index (κ2) is 8.25. The molecular formula is C22H26N2O3. The van der Waals surface area contributed by atoms with Gasteiger partial charge in [-0.2, -0.15) is 0 Å². The van der Waals surface area contributed by atoms with E-state index in [0.29, 0.717) is 19.4 Å². The SMILES string of the molecule is CCC(=O)N1c2ccccc2C[C@H]1C(=O)NCc1ccc(OC(C)C)cc1. The van der Waals surface area contributed by atoms with Crippen molar-refractivity contribution in [3.8, 4) is 5.75 Å². The summed E-state index contributed by atoms with van der Waals surface area (Å²) in [5.74, 6) is 0.650. The van der Waals surface area contributed by atoms with Gasteiger partial charge in [0.15, 0.2) is 0 Å². The van der Waals surface area contributed by atoms with Gasteiger partial charge in [-0.05, 0) is 43.2 Å². The van der Waals surface area contributed by atoms with Crippen LogP contribution in [-0.4, -0.2) is 24.0 Å². The smallest absolute Gasteiger partial charge is 0.243 e. The van der Waals surface area contributed by atoms with E-state index in [1.165, 1.54) is 0 Å². The molecule has 1 heterocycles. The average Bonchev–Trinajstić information content (AvgIpc) is 3.06. The molecule has 27 heavy (non-hydrogen) atoms. The van der Waals surface area contributed by atoms with Gasteiger partial charge in [-0.3, -0.25) is 14.5 Å². The highest BCUT2D eigenvalue weighted by molar-refractivity contribution is 6.03. The molecule has 1 aliphatic heterocycles. The number of para-hydroxylation sites is 1. The zero-order chi connectivity index (χ0) is 19.4. The number of carbonyl (C=O) groups excluding carboxylic acids is 2. The highest BCUT2D eigenvalue weighted by atomic mass is 16.5. The van der Waals surface area contributed by atoms with E-state index in [1.54, 1.807) is 4.90 Å². The minimum atomic E-state index is -0.488. The van der Waals surface area contributed by atoms with Crippen LogP contribution in [0.25, 0.3) is 0 Å². The van der Waals surface area contributed by atoms with Gasteiger partial charge >= 0.3 is 0 Å². The van der Waals surface area contributed by atoms with Crippen LogP contribution in [0.4, 0.5) is 5.69 Å². The van der Waals surface area contributed by atoms with Crippen LogP contribution in [0.15, 0.2) is 48.5 Å². The van der Waals surface area contributed by atoms with Gasteiger partial charge in [-0.25, -0.2) is 0 Å². The Morgan fingerprint density at radius 2 is 1.85 bits per heavy atom. The van der Waals surface area contributed by atoms with Gasteiger partial charge in [0, 0.05) is 25.1 Å². The van der Waals surface area contributed by atoms with E-state index < -0.39 is 6.04 Å². The topological polar surface area (TPSA) is 58.6 Å². The fourth-order valence-corrected chi connectivity index (χ4v) is 3.34. The van der Waals surface area contributed by atoms with Crippen molar-refractivity contribution in [1.29, 1.82) is 0 Å². The molecular weight excluding hydrogens is 340 g/mol. The van der Waals surface area contributed by atoms with E-state index in [9.17, 15) is 9.59 Å². The molecule has 1 N–H and O–H groups in total. The molecule has 5 nitrogen and oxygen atoms in total. The van der Waals surface area contributed by atoms with Gasteiger partial charge in [0.2, 0.25) is 11.8 Å². The lowest BCUT2D eigenvalue weighted by atomic mass is 10.1. The molecule has 0 saturated carbocycles. The lowest BCUT2D eigenvalue weighted by molar-refractivity contribution is -0.126. The number of nitrogens with one attached hydrogen (secondary N) is 1.